The molecule has 3 rings (SSSR count). The molecule has 1 saturated carbocycles. The topological polar surface area (TPSA) is 127 Å². The minimum absolute atomic E-state index is 0.0856. The smallest absolute Gasteiger partial charge is 0.311 e. The summed E-state index contributed by atoms with van der Waals surface area (Å²) in [5, 5.41) is 0. The zero-order chi connectivity index (χ0) is 30.6. The lowest BCUT2D eigenvalue weighted by Crippen LogP contribution is -2.30. The molecule has 0 N–H and O–H groups in total. The minimum Gasteiger partial charge on any atom is -0.427 e. The summed E-state index contributed by atoms with van der Waals surface area (Å²) in [6.07, 6.45) is -0.329. The van der Waals surface area contributed by atoms with Crippen LogP contribution in [0.4, 0.5) is 0 Å². The van der Waals surface area contributed by atoms with Crippen LogP contribution in [0, 0.1) is 11.8 Å². The molecule has 0 bridgehead atoms. The molecule has 2 aromatic carbocycles. The number of carbonyl (C=O) groups excluding carboxylic acids is 2. The Morgan fingerprint density at radius 1 is 0.659 bits per heavy atom. The predicted molar refractivity (Wildman–Crippen MR) is 155 cm³/mol. The molecule has 14 heteroatoms. The number of carbonyl (C=O) groups is 2. The van der Waals surface area contributed by atoms with Crippen LogP contribution in [-0.4, -0.2) is 67.9 Å². The van der Waals surface area contributed by atoms with Gasteiger partial charge in [0.05, 0.1) is 22.6 Å². The highest BCUT2D eigenvalue weighted by atomic mass is 35.5. The van der Waals surface area contributed by atoms with Gasteiger partial charge in [0.15, 0.2) is 0 Å². The van der Waals surface area contributed by atoms with E-state index >= 15 is 0 Å². The van der Waals surface area contributed by atoms with Crippen LogP contribution in [0.2, 0.25) is 0 Å². The number of nitrogens with zero attached hydrogens (tertiary/aromatic N) is 2. The third-order valence-electron chi connectivity index (χ3n) is 6.94. The summed E-state index contributed by atoms with van der Waals surface area (Å²) >= 11 is 12.7. The van der Waals surface area contributed by atoms with E-state index in [2.05, 4.69) is 0 Å². The van der Waals surface area contributed by atoms with Gasteiger partial charge in [0.1, 0.15) is 15.8 Å². The maximum absolute atomic E-state index is 12.6. The van der Waals surface area contributed by atoms with Crippen LogP contribution in [0.25, 0.3) is 0 Å². The van der Waals surface area contributed by atoms with Gasteiger partial charge in [-0.2, -0.15) is 8.61 Å². The molecule has 226 valence electrons. The fourth-order valence-corrected chi connectivity index (χ4v) is 8.21. The molecule has 0 spiro atoms. The van der Waals surface area contributed by atoms with E-state index in [-0.39, 0.29) is 34.1 Å². The molecule has 1 aliphatic carbocycles. The molecule has 0 aliphatic heterocycles. The fraction of sp³-hybridized carbons (Fsp3) is 0.481. The zero-order valence-electron chi connectivity index (χ0n) is 23.2. The molecule has 41 heavy (non-hydrogen) atoms. The van der Waals surface area contributed by atoms with Crippen molar-refractivity contribution in [2.24, 2.45) is 11.8 Å². The number of hydrogen-bond donors (Lipinski definition) is 0. The van der Waals surface area contributed by atoms with Crippen LogP contribution in [0.5, 0.6) is 11.5 Å². The van der Waals surface area contributed by atoms with E-state index in [1.807, 2.05) is 0 Å². The highest BCUT2D eigenvalue weighted by Gasteiger charge is 2.64. The molecule has 2 unspecified atom stereocenters. The number of hydrogen-bond acceptors (Lipinski definition) is 8. The lowest BCUT2D eigenvalue weighted by atomic mass is 10.2. The Morgan fingerprint density at radius 2 is 0.951 bits per heavy atom. The van der Waals surface area contributed by atoms with E-state index in [0.717, 1.165) is 0 Å². The Balaban J connectivity index is 1.55. The average Bonchev–Trinajstić information content (AvgIpc) is 3.42. The minimum atomic E-state index is -3.64. The first-order chi connectivity index (χ1) is 19.2. The van der Waals surface area contributed by atoms with Gasteiger partial charge in [0.2, 0.25) is 20.0 Å². The molecule has 1 aliphatic rings. The second-order valence-electron chi connectivity index (χ2n) is 9.37. The van der Waals surface area contributed by atoms with E-state index in [9.17, 15) is 26.4 Å². The average molecular weight is 650 g/mol. The maximum Gasteiger partial charge on any atom is 0.311 e. The highest BCUT2D eigenvalue weighted by Crippen LogP contribution is 2.62. The highest BCUT2D eigenvalue weighted by molar-refractivity contribution is 7.89. The Hall–Kier alpha value is -2.22. The van der Waals surface area contributed by atoms with Gasteiger partial charge in [0.25, 0.3) is 0 Å². The quantitative estimate of drug-likeness (QED) is 0.167. The van der Waals surface area contributed by atoms with Crippen LogP contribution in [0.15, 0.2) is 58.3 Å². The number of rotatable bonds is 14. The van der Waals surface area contributed by atoms with Crippen molar-refractivity contribution in [1.82, 2.24) is 8.61 Å². The van der Waals surface area contributed by atoms with E-state index in [1.165, 1.54) is 57.1 Å². The molecule has 2 aromatic rings. The Labute approximate surface area is 251 Å². The molecule has 0 heterocycles. The summed E-state index contributed by atoms with van der Waals surface area (Å²) in [7, 11) is -7.28. The van der Waals surface area contributed by atoms with Crippen molar-refractivity contribution < 1.29 is 35.9 Å². The maximum atomic E-state index is 12.6. The van der Waals surface area contributed by atoms with Crippen LogP contribution in [0.1, 0.15) is 40.5 Å². The van der Waals surface area contributed by atoms with E-state index in [1.54, 1.807) is 27.7 Å². The van der Waals surface area contributed by atoms with E-state index in [0.29, 0.717) is 26.2 Å². The van der Waals surface area contributed by atoms with Gasteiger partial charge in [-0.15, -0.1) is 23.2 Å². The first-order valence-corrected chi connectivity index (χ1v) is 16.8. The summed E-state index contributed by atoms with van der Waals surface area (Å²) < 4.78 is 62.4. The summed E-state index contributed by atoms with van der Waals surface area (Å²) in [5.41, 5.74) is 0. The van der Waals surface area contributed by atoms with E-state index < -0.39 is 48.2 Å². The standard InChI is InChI=1S/C27H34Cl2N2O8S2/c1-5-30(6-2)40(34,35)21-13-9-19(10-14-21)38-25(32)17-23-24(27(23,28)29)18-26(33)39-20-11-15-22(16-12-20)41(36,37)31(7-3)8-4/h9-16,23-24H,5-8,17-18H2,1-4H3. The molecule has 0 saturated heterocycles. The Kier molecular flexibility index (Phi) is 10.9. The van der Waals surface area contributed by atoms with Crippen LogP contribution < -0.4 is 9.47 Å². The Morgan fingerprint density at radius 3 is 1.22 bits per heavy atom. The number of ether oxygens (including phenoxy) is 2. The second-order valence-corrected chi connectivity index (χ2v) is 14.7. The van der Waals surface area contributed by atoms with Gasteiger partial charge in [-0.25, -0.2) is 16.8 Å². The normalized spacial score (nSPS) is 18.3. The molecular weight excluding hydrogens is 615 g/mol. The van der Waals surface area contributed by atoms with Gasteiger partial charge in [-0.1, -0.05) is 27.7 Å². The van der Waals surface area contributed by atoms with Crippen molar-refractivity contribution in [3.63, 3.8) is 0 Å². The van der Waals surface area contributed by atoms with Crippen LogP contribution >= 0.6 is 23.2 Å². The number of halogens is 2. The van der Waals surface area contributed by atoms with Crippen molar-refractivity contribution in [2.45, 2.75) is 54.7 Å². The lowest BCUT2D eigenvalue weighted by molar-refractivity contribution is -0.136. The number of benzene rings is 2. The first-order valence-electron chi connectivity index (χ1n) is 13.2. The number of esters is 2. The zero-order valence-corrected chi connectivity index (χ0v) is 26.4. The fourth-order valence-electron chi connectivity index (χ4n) is 4.51. The third-order valence-corrected chi connectivity index (χ3v) is 12.2. The molecule has 2 atom stereocenters. The molecule has 0 aromatic heterocycles. The van der Waals surface area contributed by atoms with Crippen molar-refractivity contribution in [1.29, 1.82) is 0 Å². The monoisotopic (exact) mass is 648 g/mol. The van der Waals surface area contributed by atoms with Crippen molar-refractivity contribution in [2.75, 3.05) is 26.2 Å². The van der Waals surface area contributed by atoms with Gasteiger partial charge in [-0.05, 0) is 48.5 Å². The van der Waals surface area contributed by atoms with Gasteiger partial charge >= 0.3 is 11.9 Å². The van der Waals surface area contributed by atoms with Crippen molar-refractivity contribution in [3.8, 4) is 11.5 Å². The van der Waals surface area contributed by atoms with Gasteiger partial charge in [-0.3, -0.25) is 9.59 Å². The molecule has 10 nitrogen and oxygen atoms in total. The molecule has 0 amide bonds. The number of alkyl halides is 2. The first kappa shape index (κ1) is 33.3. The number of sulfonamides is 2. The molecular formula is C27H34Cl2N2O8S2. The third kappa shape index (κ3) is 7.60. The van der Waals surface area contributed by atoms with Crippen molar-refractivity contribution in [3.05, 3.63) is 48.5 Å². The summed E-state index contributed by atoms with van der Waals surface area (Å²) in [6.45, 7) is 8.31. The van der Waals surface area contributed by atoms with Crippen LogP contribution in [0.3, 0.4) is 0 Å². The van der Waals surface area contributed by atoms with Gasteiger partial charge in [0, 0.05) is 38.0 Å². The molecule has 0 radical (unpaired) electrons. The van der Waals surface area contributed by atoms with Crippen LogP contribution in [-0.2, 0) is 29.6 Å². The summed E-state index contributed by atoms with van der Waals surface area (Å²) in [4.78, 5) is 25.2. The Bertz CT molecular complexity index is 1330. The molecule has 1 fully saturated rings. The van der Waals surface area contributed by atoms with Crippen molar-refractivity contribution >= 4 is 55.2 Å². The predicted octanol–water partition coefficient (Wildman–Crippen LogP) is 4.46. The van der Waals surface area contributed by atoms with Gasteiger partial charge < -0.3 is 9.47 Å². The SMILES string of the molecule is CCN(CC)S(=O)(=O)c1ccc(OC(=O)CC2C(CC(=O)Oc3ccc(S(=O)(=O)N(CC)CC)cc3)C2(Cl)Cl)cc1. The largest absolute Gasteiger partial charge is 0.427 e. The summed E-state index contributed by atoms with van der Waals surface area (Å²) in [6, 6.07) is 11.0. The van der Waals surface area contributed by atoms with E-state index in [4.69, 9.17) is 32.7 Å². The lowest BCUT2D eigenvalue weighted by Gasteiger charge is -2.18. The second kappa shape index (κ2) is 13.4. The summed E-state index contributed by atoms with van der Waals surface area (Å²) in [5.74, 6) is -2.08.